The Labute approximate surface area is 170 Å². The summed E-state index contributed by atoms with van der Waals surface area (Å²) in [6.45, 7) is 6.65. The van der Waals surface area contributed by atoms with E-state index in [1.54, 1.807) is 4.90 Å². The monoisotopic (exact) mass is 434 g/mol. The molecule has 1 amide bonds. The lowest BCUT2D eigenvalue weighted by molar-refractivity contribution is 0.0623. The number of hydrogen-bond donors (Lipinski definition) is 0. The van der Waals surface area contributed by atoms with Gasteiger partial charge in [0.25, 0.3) is 5.91 Å². The smallest absolute Gasteiger partial charge is 0.255 e. The van der Waals surface area contributed by atoms with E-state index >= 15 is 0 Å². The second-order valence-electron chi connectivity index (χ2n) is 7.44. The van der Waals surface area contributed by atoms with Crippen molar-refractivity contribution in [3.05, 3.63) is 27.7 Å². The molecule has 1 aromatic carbocycles. The number of hydrogen-bond acceptors (Lipinski definition) is 4. The van der Waals surface area contributed by atoms with E-state index in [1.165, 1.54) is 16.4 Å². The predicted octanol–water partition coefficient (Wildman–Crippen LogP) is 3.13. The summed E-state index contributed by atoms with van der Waals surface area (Å²) in [6.07, 6.45) is 1.06. The Morgan fingerprint density at radius 3 is 2.26 bits per heavy atom. The molecule has 27 heavy (non-hydrogen) atoms. The summed E-state index contributed by atoms with van der Waals surface area (Å²) in [6, 6.07) is 2.67. The van der Waals surface area contributed by atoms with E-state index in [9.17, 15) is 13.2 Å². The molecule has 0 unspecified atom stereocenters. The molecule has 2 aliphatic heterocycles. The minimum absolute atomic E-state index is 0.0171. The third kappa shape index (κ3) is 4.43. The van der Waals surface area contributed by atoms with Crippen molar-refractivity contribution in [2.45, 2.75) is 25.2 Å². The van der Waals surface area contributed by atoms with Crippen molar-refractivity contribution in [1.29, 1.82) is 0 Å². The fraction of sp³-hybridized carbons (Fsp3) is 0.611. The maximum atomic E-state index is 13.0. The molecule has 3 rings (SSSR count). The molecule has 2 atom stereocenters. The van der Waals surface area contributed by atoms with Gasteiger partial charge in [-0.3, -0.25) is 4.79 Å². The maximum absolute atomic E-state index is 13.0. The standard InChI is InChI=1S/C18H24Cl2N2O4S/c1-12-7-13(2)11-21(10-12)18(23)14-8-17(16(20)9-15(14)19)27(24,25)22-3-5-26-6-4-22/h8-9,12-13H,3-7,10-11H2,1-2H3/t12-,13-/m0/s1. The van der Waals surface area contributed by atoms with Gasteiger partial charge in [-0.1, -0.05) is 37.0 Å². The number of benzene rings is 1. The second-order valence-corrected chi connectivity index (χ2v) is 10.2. The van der Waals surface area contributed by atoms with Crippen LogP contribution in [-0.2, 0) is 14.8 Å². The molecular weight excluding hydrogens is 411 g/mol. The number of sulfonamides is 1. The number of rotatable bonds is 3. The highest BCUT2D eigenvalue weighted by molar-refractivity contribution is 7.89. The Balaban J connectivity index is 1.95. The van der Waals surface area contributed by atoms with Crippen molar-refractivity contribution in [3.63, 3.8) is 0 Å². The zero-order chi connectivity index (χ0) is 19.8. The van der Waals surface area contributed by atoms with Crippen molar-refractivity contribution in [3.8, 4) is 0 Å². The summed E-state index contributed by atoms with van der Waals surface area (Å²) in [5.41, 5.74) is 0.175. The van der Waals surface area contributed by atoms with Crippen LogP contribution >= 0.6 is 23.2 Å². The quantitative estimate of drug-likeness (QED) is 0.732. The van der Waals surface area contributed by atoms with Gasteiger partial charge in [0, 0.05) is 26.2 Å². The van der Waals surface area contributed by atoms with E-state index in [1.807, 2.05) is 0 Å². The second kappa shape index (κ2) is 8.25. The van der Waals surface area contributed by atoms with Gasteiger partial charge in [-0.2, -0.15) is 4.31 Å². The van der Waals surface area contributed by atoms with Crippen LogP contribution in [0.25, 0.3) is 0 Å². The lowest BCUT2D eigenvalue weighted by Crippen LogP contribution is -2.43. The molecule has 150 valence electrons. The van der Waals surface area contributed by atoms with Crippen molar-refractivity contribution in [2.24, 2.45) is 11.8 Å². The number of carbonyl (C=O) groups is 1. The van der Waals surface area contributed by atoms with Crippen molar-refractivity contribution in [1.82, 2.24) is 9.21 Å². The van der Waals surface area contributed by atoms with Crippen LogP contribution in [0.15, 0.2) is 17.0 Å². The molecule has 0 saturated carbocycles. The first-order valence-corrected chi connectivity index (χ1v) is 11.3. The molecule has 2 aliphatic rings. The van der Waals surface area contributed by atoms with Crippen LogP contribution in [0.5, 0.6) is 0 Å². The Hall–Kier alpha value is -0.860. The van der Waals surface area contributed by atoms with E-state index in [4.69, 9.17) is 27.9 Å². The number of piperidine rings is 1. The molecule has 0 N–H and O–H groups in total. The first kappa shape index (κ1) is 20.9. The van der Waals surface area contributed by atoms with E-state index in [-0.39, 0.29) is 39.5 Å². The van der Waals surface area contributed by atoms with Gasteiger partial charge >= 0.3 is 0 Å². The van der Waals surface area contributed by atoms with Gasteiger partial charge in [0.15, 0.2) is 0 Å². The highest BCUT2D eigenvalue weighted by atomic mass is 35.5. The molecule has 0 bridgehead atoms. The van der Waals surface area contributed by atoms with Crippen LogP contribution in [0.2, 0.25) is 10.0 Å². The average molecular weight is 435 g/mol. The van der Waals surface area contributed by atoms with E-state index in [0.29, 0.717) is 38.1 Å². The molecule has 2 heterocycles. The van der Waals surface area contributed by atoms with Crippen LogP contribution in [0.3, 0.4) is 0 Å². The lowest BCUT2D eigenvalue weighted by Gasteiger charge is -2.35. The van der Waals surface area contributed by atoms with Crippen LogP contribution in [-0.4, -0.2) is 62.9 Å². The normalized spacial score (nSPS) is 24.8. The highest BCUT2D eigenvalue weighted by Gasteiger charge is 2.32. The lowest BCUT2D eigenvalue weighted by atomic mass is 9.91. The van der Waals surface area contributed by atoms with Crippen LogP contribution in [0.1, 0.15) is 30.6 Å². The zero-order valence-electron chi connectivity index (χ0n) is 15.5. The Bertz CT molecular complexity index is 815. The topological polar surface area (TPSA) is 66.9 Å². The van der Waals surface area contributed by atoms with E-state index in [0.717, 1.165) is 6.42 Å². The summed E-state index contributed by atoms with van der Waals surface area (Å²) < 4.78 is 32.5. The van der Waals surface area contributed by atoms with Crippen molar-refractivity contribution < 1.29 is 17.9 Å². The molecule has 2 fully saturated rings. The Kier molecular flexibility index (Phi) is 6.37. The van der Waals surface area contributed by atoms with Gasteiger partial charge in [0.1, 0.15) is 4.90 Å². The van der Waals surface area contributed by atoms with E-state index < -0.39 is 10.0 Å². The number of amides is 1. The number of morpholine rings is 1. The molecule has 0 aliphatic carbocycles. The maximum Gasteiger partial charge on any atom is 0.255 e. The summed E-state index contributed by atoms with van der Waals surface area (Å²) in [4.78, 5) is 14.7. The van der Waals surface area contributed by atoms with Gasteiger partial charge in [-0.25, -0.2) is 8.42 Å². The van der Waals surface area contributed by atoms with Gasteiger partial charge < -0.3 is 9.64 Å². The molecule has 1 aromatic rings. The largest absolute Gasteiger partial charge is 0.379 e. The van der Waals surface area contributed by atoms with Crippen LogP contribution in [0.4, 0.5) is 0 Å². The van der Waals surface area contributed by atoms with Gasteiger partial charge in [-0.15, -0.1) is 0 Å². The highest BCUT2D eigenvalue weighted by Crippen LogP contribution is 2.32. The summed E-state index contributed by atoms with van der Waals surface area (Å²) in [7, 11) is -3.83. The third-order valence-electron chi connectivity index (χ3n) is 5.00. The summed E-state index contributed by atoms with van der Waals surface area (Å²) in [5.74, 6) is 0.522. The SMILES string of the molecule is C[C@H]1C[C@H](C)CN(C(=O)c2cc(S(=O)(=O)N3CCOCC3)c(Cl)cc2Cl)C1. The van der Waals surface area contributed by atoms with Crippen LogP contribution in [0, 0.1) is 11.8 Å². The molecule has 0 spiro atoms. The molecule has 9 heteroatoms. The predicted molar refractivity (Wildman–Crippen MR) is 105 cm³/mol. The first-order chi connectivity index (χ1) is 12.7. The van der Waals surface area contributed by atoms with Crippen molar-refractivity contribution >= 4 is 39.1 Å². The molecule has 0 radical (unpaired) electrons. The fourth-order valence-corrected chi connectivity index (χ4v) is 6.05. The zero-order valence-corrected chi connectivity index (χ0v) is 17.8. The summed E-state index contributed by atoms with van der Waals surface area (Å²) in [5, 5.41) is 0.181. The summed E-state index contributed by atoms with van der Waals surface area (Å²) >= 11 is 12.5. The number of halogens is 2. The molecule has 2 saturated heterocycles. The molecule has 6 nitrogen and oxygen atoms in total. The number of carbonyl (C=O) groups excluding carboxylic acids is 1. The minimum Gasteiger partial charge on any atom is -0.379 e. The Morgan fingerprint density at radius 1 is 1.07 bits per heavy atom. The average Bonchev–Trinajstić information content (AvgIpc) is 2.61. The number of ether oxygens (including phenoxy) is 1. The fourth-order valence-electron chi connectivity index (χ4n) is 3.82. The Morgan fingerprint density at radius 2 is 1.67 bits per heavy atom. The van der Waals surface area contributed by atoms with Gasteiger partial charge in [0.2, 0.25) is 10.0 Å². The molecular formula is C18H24Cl2N2O4S. The third-order valence-corrected chi connectivity index (χ3v) is 7.67. The first-order valence-electron chi connectivity index (χ1n) is 9.06. The number of likely N-dealkylation sites (tertiary alicyclic amines) is 1. The van der Waals surface area contributed by atoms with Gasteiger partial charge in [-0.05, 0) is 30.4 Å². The number of nitrogens with zero attached hydrogens (tertiary/aromatic N) is 2. The minimum atomic E-state index is -3.83. The molecule has 0 aromatic heterocycles. The van der Waals surface area contributed by atoms with E-state index in [2.05, 4.69) is 13.8 Å². The van der Waals surface area contributed by atoms with Crippen LogP contribution < -0.4 is 0 Å². The van der Waals surface area contributed by atoms with Gasteiger partial charge in [0.05, 0.1) is 28.8 Å². The van der Waals surface area contributed by atoms with Crippen molar-refractivity contribution in [2.75, 3.05) is 39.4 Å².